The van der Waals surface area contributed by atoms with E-state index in [-0.39, 0.29) is 25.7 Å². The number of phosphoric ester groups is 2. The van der Waals surface area contributed by atoms with Crippen molar-refractivity contribution < 1.29 is 80.2 Å². The number of carbonyl (C=O) groups excluding carboxylic acids is 4. The standard InChI is InChI=1S/C78H152O17P2/c1-9-69(6)55-47-39-31-24-20-18-16-14-12-13-15-17-19-21-26-33-42-50-58-75(80)88-64-73(95-78(83)61-53-45-35-29-28-30-38-46-54-68(4)5)66-92-96(84,85)90-62-72(79)63-91-97(86,87)93-67-74(65-89-76(81)59-51-43-37-36-41-49-57-71(8)11-3)94-77(82)60-52-44-34-27-23-22-25-32-40-48-56-70(7)10-2/h68-74,79H,9-67H2,1-8H3,(H,84,85)(H,86,87)/t69?,70?,71?,72-,73-,74-/m1/s1. The lowest BCUT2D eigenvalue weighted by molar-refractivity contribution is -0.161. The highest BCUT2D eigenvalue weighted by Gasteiger charge is 2.30. The van der Waals surface area contributed by atoms with Crippen LogP contribution in [-0.4, -0.2) is 96.7 Å². The van der Waals surface area contributed by atoms with Crippen molar-refractivity contribution in [2.75, 3.05) is 39.6 Å². The minimum Gasteiger partial charge on any atom is -0.462 e. The van der Waals surface area contributed by atoms with E-state index >= 15 is 0 Å². The summed E-state index contributed by atoms with van der Waals surface area (Å²) in [5.41, 5.74) is 0. The van der Waals surface area contributed by atoms with Crippen molar-refractivity contribution in [3.8, 4) is 0 Å². The molecule has 8 atom stereocenters. The zero-order valence-electron chi connectivity index (χ0n) is 63.7. The van der Waals surface area contributed by atoms with E-state index in [2.05, 4.69) is 55.4 Å². The van der Waals surface area contributed by atoms with Crippen LogP contribution < -0.4 is 0 Å². The second kappa shape index (κ2) is 67.2. The Hall–Kier alpha value is -1.94. The Bertz CT molecular complexity index is 1910. The molecule has 97 heavy (non-hydrogen) atoms. The van der Waals surface area contributed by atoms with E-state index in [4.69, 9.17) is 37.0 Å². The van der Waals surface area contributed by atoms with E-state index in [0.29, 0.717) is 25.7 Å². The van der Waals surface area contributed by atoms with Gasteiger partial charge >= 0.3 is 39.5 Å². The zero-order valence-corrected chi connectivity index (χ0v) is 65.5. The smallest absolute Gasteiger partial charge is 0.462 e. The first-order chi connectivity index (χ1) is 46.7. The van der Waals surface area contributed by atoms with Crippen LogP contribution in [0.1, 0.15) is 396 Å². The number of esters is 4. The molecule has 0 aliphatic rings. The summed E-state index contributed by atoms with van der Waals surface area (Å²) in [7, 11) is -9.91. The molecule has 0 aromatic carbocycles. The third-order valence-electron chi connectivity index (χ3n) is 19.2. The second-order valence-corrected chi connectivity index (χ2v) is 32.2. The molecule has 3 N–H and O–H groups in total. The molecule has 5 unspecified atom stereocenters. The van der Waals surface area contributed by atoms with E-state index < -0.39 is 97.5 Å². The number of unbranched alkanes of at least 4 members (excludes halogenated alkanes) is 38. The SMILES string of the molecule is CCC(C)CCCCCCCCCCCCCCCCCCCCC(=O)OC[C@H](COP(=O)(O)OC[C@@H](O)COP(=O)(O)OC[C@@H](COC(=O)CCCCCCCCC(C)CC)OC(=O)CCCCCCCCCCCCC(C)CC)OC(=O)CCCCCCCCCCC(C)C. The summed E-state index contributed by atoms with van der Waals surface area (Å²) in [6.07, 6.45) is 52.8. The molecule has 0 saturated heterocycles. The number of carbonyl (C=O) groups is 4. The molecule has 0 aromatic rings. The molecule has 0 radical (unpaired) electrons. The first-order valence-corrected chi connectivity index (χ1v) is 43.3. The fourth-order valence-corrected chi connectivity index (χ4v) is 13.4. The van der Waals surface area contributed by atoms with Gasteiger partial charge < -0.3 is 33.8 Å². The van der Waals surface area contributed by atoms with Crippen molar-refractivity contribution in [3.63, 3.8) is 0 Å². The summed E-state index contributed by atoms with van der Waals surface area (Å²) in [4.78, 5) is 72.8. The predicted molar refractivity (Wildman–Crippen MR) is 395 cm³/mol. The average molecular weight is 1420 g/mol. The Labute approximate surface area is 594 Å². The third-order valence-corrected chi connectivity index (χ3v) is 21.1. The van der Waals surface area contributed by atoms with Crippen LogP contribution in [0.4, 0.5) is 0 Å². The lowest BCUT2D eigenvalue weighted by atomic mass is 9.99. The molecule has 0 aromatic heterocycles. The highest BCUT2D eigenvalue weighted by molar-refractivity contribution is 7.47. The molecule has 0 aliphatic heterocycles. The molecule has 17 nitrogen and oxygen atoms in total. The summed E-state index contributed by atoms with van der Waals surface area (Å²) in [5, 5.41) is 10.6. The largest absolute Gasteiger partial charge is 0.472 e. The molecule has 576 valence electrons. The fourth-order valence-electron chi connectivity index (χ4n) is 11.8. The summed E-state index contributed by atoms with van der Waals surface area (Å²) >= 11 is 0. The predicted octanol–water partition coefficient (Wildman–Crippen LogP) is 22.8. The van der Waals surface area contributed by atoms with Crippen molar-refractivity contribution in [3.05, 3.63) is 0 Å². The van der Waals surface area contributed by atoms with Crippen molar-refractivity contribution in [1.29, 1.82) is 0 Å². The molecule has 0 fully saturated rings. The molecule has 0 heterocycles. The third kappa shape index (κ3) is 68.3. The van der Waals surface area contributed by atoms with Gasteiger partial charge in [0.1, 0.15) is 19.3 Å². The van der Waals surface area contributed by atoms with E-state index in [9.17, 15) is 43.2 Å². The Morgan fingerprint density at radius 2 is 0.495 bits per heavy atom. The molecule has 0 aliphatic carbocycles. The van der Waals surface area contributed by atoms with Gasteiger partial charge in [-0.15, -0.1) is 0 Å². The molecular formula is C78H152O17P2. The number of rotatable bonds is 75. The molecule has 0 saturated carbocycles. The Morgan fingerprint density at radius 3 is 0.732 bits per heavy atom. The second-order valence-electron chi connectivity index (χ2n) is 29.3. The highest BCUT2D eigenvalue weighted by Crippen LogP contribution is 2.45. The quantitative estimate of drug-likeness (QED) is 0.0222. The van der Waals surface area contributed by atoms with Crippen molar-refractivity contribution in [2.45, 2.75) is 414 Å². The van der Waals surface area contributed by atoms with Crippen LogP contribution in [0, 0.1) is 23.7 Å². The van der Waals surface area contributed by atoms with Gasteiger partial charge in [0, 0.05) is 25.7 Å². The van der Waals surface area contributed by atoms with Gasteiger partial charge in [0.25, 0.3) is 0 Å². The maximum Gasteiger partial charge on any atom is 0.472 e. The molecular weight excluding hydrogens is 1270 g/mol. The Balaban J connectivity index is 5.16. The van der Waals surface area contributed by atoms with Gasteiger partial charge in [0.05, 0.1) is 26.4 Å². The monoisotopic (exact) mass is 1420 g/mol. The number of hydrogen-bond donors (Lipinski definition) is 3. The van der Waals surface area contributed by atoms with Gasteiger partial charge in [0.2, 0.25) is 0 Å². The van der Waals surface area contributed by atoms with Gasteiger partial charge in [-0.2, -0.15) is 0 Å². The summed E-state index contributed by atoms with van der Waals surface area (Å²) < 4.78 is 68.5. The minimum absolute atomic E-state index is 0.104. The lowest BCUT2D eigenvalue weighted by Crippen LogP contribution is -2.30. The normalized spacial score (nSPS) is 14.9. The van der Waals surface area contributed by atoms with Crippen LogP contribution in [0.15, 0.2) is 0 Å². The number of phosphoric acid groups is 2. The van der Waals surface area contributed by atoms with Gasteiger partial charge in [0.15, 0.2) is 12.2 Å². The van der Waals surface area contributed by atoms with Crippen LogP contribution in [0.2, 0.25) is 0 Å². The summed E-state index contributed by atoms with van der Waals surface area (Å²) in [5.74, 6) is 1.00. The van der Waals surface area contributed by atoms with Crippen molar-refractivity contribution >= 4 is 39.5 Å². The van der Waals surface area contributed by atoms with Gasteiger partial charge in [-0.25, -0.2) is 9.13 Å². The molecule has 19 heteroatoms. The van der Waals surface area contributed by atoms with Gasteiger partial charge in [-0.1, -0.05) is 344 Å². The van der Waals surface area contributed by atoms with Crippen LogP contribution in [0.25, 0.3) is 0 Å². The van der Waals surface area contributed by atoms with Gasteiger partial charge in [-0.3, -0.25) is 37.3 Å². The first-order valence-electron chi connectivity index (χ1n) is 40.3. The molecule has 0 spiro atoms. The summed E-state index contributed by atoms with van der Waals surface area (Å²) in [6, 6.07) is 0. The van der Waals surface area contributed by atoms with Crippen molar-refractivity contribution in [1.82, 2.24) is 0 Å². The molecule has 0 amide bonds. The number of ether oxygens (including phenoxy) is 4. The lowest BCUT2D eigenvalue weighted by Gasteiger charge is -2.21. The van der Waals surface area contributed by atoms with Gasteiger partial charge in [-0.05, 0) is 49.4 Å². The maximum atomic E-state index is 13.1. The van der Waals surface area contributed by atoms with Crippen LogP contribution in [-0.2, 0) is 65.4 Å². The highest BCUT2D eigenvalue weighted by atomic mass is 31.2. The summed E-state index contributed by atoms with van der Waals surface area (Å²) in [6.45, 7) is 14.2. The maximum absolute atomic E-state index is 13.1. The number of hydrogen-bond acceptors (Lipinski definition) is 15. The Kier molecular flexibility index (Phi) is 65.9. The van der Waals surface area contributed by atoms with E-state index in [0.717, 1.165) is 120 Å². The van der Waals surface area contributed by atoms with E-state index in [1.807, 2.05) is 0 Å². The van der Waals surface area contributed by atoms with E-state index in [1.165, 1.54) is 193 Å². The number of aliphatic hydroxyl groups is 1. The molecule has 0 bridgehead atoms. The Morgan fingerprint density at radius 1 is 0.289 bits per heavy atom. The average Bonchev–Trinajstić information content (AvgIpc) is 0.987. The van der Waals surface area contributed by atoms with Crippen LogP contribution in [0.3, 0.4) is 0 Å². The van der Waals surface area contributed by atoms with Crippen molar-refractivity contribution in [2.24, 2.45) is 23.7 Å². The fraction of sp³-hybridized carbons (Fsp3) is 0.949. The van der Waals surface area contributed by atoms with E-state index in [1.54, 1.807) is 0 Å². The molecule has 0 rings (SSSR count). The van der Waals surface area contributed by atoms with Crippen LogP contribution in [0.5, 0.6) is 0 Å². The first kappa shape index (κ1) is 95.1. The zero-order chi connectivity index (χ0) is 71.7. The van der Waals surface area contributed by atoms with Crippen LogP contribution >= 0.6 is 15.6 Å². The number of aliphatic hydroxyl groups excluding tert-OH is 1. The minimum atomic E-state index is -4.96. The topological polar surface area (TPSA) is 237 Å².